The summed E-state index contributed by atoms with van der Waals surface area (Å²) >= 11 is 1.72. The molecule has 144 valence electrons. The summed E-state index contributed by atoms with van der Waals surface area (Å²) in [5.41, 5.74) is 6.35. The molecule has 30 heavy (non-hydrogen) atoms. The summed E-state index contributed by atoms with van der Waals surface area (Å²) < 4.78 is 1.20. The van der Waals surface area contributed by atoms with Crippen molar-refractivity contribution in [3.63, 3.8) is 0 Å². The molecule has 0 saturated carbocycles. The zero-order chi connectivity index (χ0) is 20.1. The molecule has 5 aromatic rings. The smallest absolute Gasteiger partial charge is 0.161 e. The van der Waals surface area contributed by atoms with Gasteiger partial charge in [-0.1, -0.05) is 18.2 Å². The van der Waals surface area contributed by atoms with Crippen LogP contribution in [-0.2, 0) is 0 Å². The summed E-state index contributed by atoms with van der Waals surface area (Å²) in [6.07, 6.45) is 5.92. The highest BCUT2D eigenvalue weighted by molar-refractivity contribution is 7.18. The van der Waals surface area contributed by atoms with E-state index in [0.717, 1.165) is 50.5 Å². The molecule has 4 heterocycles. The Kier molecular flexibility index (Phi) is 3.86. The van der Waals surface area contributed by atoms with E-state index >= 15 is 0 Å². The molecule has 0 amide bonds. The monoisotopic (exact) mass is 407 g/mol. The molecular formula is C24H17N5S. The average molecular weight is 408 g/mol. The van der Waals surface area contributed by atoms with Gasteiger partial charge in [0.05, 0.1) is 20.7 Å². The van der Waals surface area contributed by atoms with E-state index in [-0.39, 0.29) is 0 Å². The SMILES string of the molecule is Cc1nc2ccc(C3=CCNc4nc(-c5ccc6ncccc6c5)ncc43)cc2s1. The van der Waals surface area contributed by atoms with Gasteiger partial charge in [0.25, 0.3) is 0 Å². The maximum absolute atomic E-state index is 4.84. The Morgan fingerprint density at radius 2 is 1.83 bits per heavy atom. The van der Waals surface area contributed by atoms with Crippen molar-refractivity contribution in [3.8, 4) is 11.4 Å². The number of hydrogen-bond donors (Lipinski definition) is 1. The molecule has 0 fully saturated rings. The fraction of sp³-hybridized carbons (Fsp3) is 0.0833. The third kappa shape index (κ3) is 2.84. The van der Waals surface area contributed by atoms with Crippen LogP contribution in [0.4, 0.5) is 5.82 Å². The van der Waals surface area contributed by atoms with Gasteiger partial charge in [0, 0.05) is 35.5 Å². The normalized spacial score (nSPS) is 13.2. The number of benzene rings is 2. The molecule has 3 aromatic heterocycles. The van der Waals surface area contributed by atoms with Crippen LogP contribution in [0, 0.1) is 6.92 Å². The zero-order valence-corrected chi connectivity index (χ0v) is 17.1. The minimum absolute atomic E-state index is 0.710. The largest absolute Gasteiger partial charge is 0.366 e. The van der Waals surface area contributed by atoms with Crippen LogP contribution >= 0.6 is 11.3 Å². The van der Waals surface area contributed by atoms with Crippen molar-refractivity contribution in [2.24, 2.45) is 0 Å². The number of aromatic nitrogens is 4. The van der Waals surface area contributed by atoms with E-state index in [2.05, 4.69) is 56.7 Å². The summed E-state index contributed by atoms with van der Waals surface area (Å²) in [7, 11) is 0. The first-order valence-electron chi connectivity index (χ1n) is 9.79. The number of hydrogen-bond acceptors (Lipinski definition) is 6. The van der Waals surface area contributed by atoms with Gasteiger partial charge < -0.3 is 5.32 Å². The molecule has 5 nitrogen and oxygen atoms in total. The maximum atomic E-state index is 4.84. The first-order chi connectivity index (χ1) is 14.7. The van der Waals surface area contributed by atoms with Crippen LogP contribution in [0.1, 0.15) is 16.1 Å². The fourth-order valence-corrected chi connectivity index (χ4v) is 4.77. The van der Waals surface area contributed by atoms with E-state index in [1.807, 2.05) is 31.3 Å². The number of fused-ring (bicyclic) bond motifs is 3. The Hall–Kier alpha value is -3.64. The molecule has 0 spiro atoms. The highest BCUT2D eigenvalue weighted by Crippen LogP contribution is 2.34. The van der Waals surface area contributed by atoms with Crippen molar-refractivity contribution in [3.05, 3.63) is 83.1 Å². The van der Waals surface area contributed by atoms with Gasteiger partial charge >= 0.3 is 0 Å². The van der Waals surface area contributed by atoms with Gasteiger partial charge in [0.2, 0.25) is 0 Å². The number of thiazole rings is 1. The number of aryl methyl sites for hydroxylation is 1. The second-order valence-corrected chi connectivity index (χ2v) is 8.52. The van der Waals surface area contributed by atoms with Gasteiger partial charge in [-0.15, -0.1) is 11.3 Å². The molecule has 1 aliphatic heterocycles. The number of nitrogens with one attached hydrogen (secondary N) is 1. The minimum atomic E-state index is 0.710. The maximum Gasteiger partial charge on any atom is 0.161 e. The molecule has 0 atom stereocenters. The molecular weight excluding hydrogens is 390 g/mol. The molecule has 0 aliphatic carbocycles. The number of pyridine rings is 1. The highest BCUT2D eigenvalue weighted by atomic mass is 32.1. The van der Waals surface area contributed by atoms with Crippen molar-refractivity contribution in [2.45, 2.75) is 6.92 Å². The van der Waals surface area contributed by atoms with Crippen LogP contribution in [-0.4, -0.2) is 26.5 Å². The van der Waals surface area contributed by atoms with E-state index in [0.29, 0.717) is 5.82 Å². The van der Waals surface area contributed by atoms with Crippen molar-refractivity contribution in [1.29, 1.82) is 0 Å². The lowest BCUT2D eigenvalue weighted by atomic mass is 9.97. The first-order valence-corrected chi connectivity index (χ1v) is 10.6. The predicted molar refractivity (Wildman–Crippen MR) is 123 cm³/mol. The molecule has 2 aromatic carbocycles. The lowest BCUT2D eigenvalue weighted by Crippen LogP contribution is -2.12. The topological polar surface area (TPSA) is 63.6 Å². The Bertz CT molecular complexity index is 1470. The average Bonchev–Trinajstić information content (AvgIpc) is 3.17. The second kappa shape index (κ2) is 6.71. The highest BCUT2D eigenvalue weighted by Gasteiger charge is 2.18. The summed E-state index contributed by atoms with van der Waals surface area (Å²) in [4.78, 5) is 18.5. The standard InChI is InChI=1S/C24H17N5S/c1-14-28-21-7-4-15(12-22(21)30-14)18-8-10-26-24-19(18)13-27-23(29-24)17-5-6-20-16(11-17)3-2-9-25-20/h2-9,11-13H,10H2,1H3,(H,26,27,29). The molecule has 0 radical (unpaired) electrons. The van der Waals surface area contributed by atoms with Gasteiger partial charge in [-0.05, 0) is 54.5 Å². The number of rotatable bonds is 2. The molecule has 0 saturated heterocycles. The molecule has 6 heteroatoms. The van der Waals surface area contributed by atoms with E-state index in [1.54, 1.807) is 17.5 Å². The van der Waals surface area contributed by atoms with Crippen LogP contribution in [0.15, 0.2) is 67.0 Å². The third-order valence-corrected chi connectivity index (χ3v) is 6.26. The molecule has 6 rings (SSSR count). The van der Waals surface area contributed by atoms with Crippen LogP contribution < -0.4 is 5.32 Å². The Morgan fingerprint density at radius 1 is 0.933 bits per heavy atom. The van der Waals surface area contributed by atoms with Crippen LogP contribution in [0.3, 0.4) is 0 Å². The Morgan fingerprint density at radius 3 is 2.80 bits per heavy atom. The van der Waals surface area contributed by atoms with Gasteiger partial charge in [-0.25, -0.2) is 15.0 Å². The quantitative estimate of drug-likeness (QED) is 0.421. The molecule has 1 aliphatic rings. The Balaban J connectivity index is 1.42. The van der Waals surface area contributed by atoms with Gasteiger partial charge in [0.1, 0.15) is 5.82 Å². The summed E-state index contributed by atoms with van der Waals surface area (Å²) in [5.74, 6) is 1.58. The number of anilines is 1. The van der Waals surface area contributed by atoms with Crippen LogP contribution in [0.25, 0.3) is 38.1 Å². The van der Waals surface area contributed by atoms with Crippen LogP contribution in [0.2, 0.25) is 0 Å². The van der Waals surface area contributed by atoms with Crippen LogP contribution in [0.5, 0.6) is 0 Å². The van der Waals surface area contributed by atoms with Crippen molar-refractivity contribution in [2.75, 3.05) is 11.9 Å². The van der Waals surface area contributed by atoms with E-state index in [4.69, 9.17) is 4.98 Å². The van der Waals surface area contributed by atoms with Gasteiger partial charge in [-0.3, -0.25) is 4.98 Å². The minimum Gasteiger partial charge on any atom is -0.366 e. The van der Waals surface area contributed by atoms with E-state index in [1.165, 1.54) is 10.3 Å². The van der Waals surface area contributed by atoms with Gasteiger partial charge in [-0.2, -0.15) is 0 Å². The zero-order valence-electron chi connectivity index (χ0n) is 16.3. The first kappa shape index (κ1) is 17.2. The second-order valence-electron chi connectivity index (χ2n) is 7.28. The van der Waals surface area contributed by atoms with Gasteiger partial charge in [0.15, 0.2) is 5.82 Å². The lowest BCUT2D eigenvalue weighted by Gasteiger charge is -2.19. The predicted octanol–water partition coefficient (Wildman–Crippen LogP) is 5.47. The lowest BCUT2D eigenvalue weighted by molar-refractivity contribution is 1.12. The summed E-state index contributed by atoms with van der Waals surface area (Å²) in [6, 6.07) is 16.6. The molecule has 0 bridgehead atoms. The third-order valence-electron chi connectivity index (χ3n) is 5.32. The van der Waals surface area contributed by atoms with E-state index < -0.39 is 0 Å². The van der Waals surface area contributed by atoms with Crippen molar-refractivity contribution >= 4 is 43.8 Å². The summed E-state index contributed by atoms with van der Waals surface area (Å²) in [6.45, 7) is 2.78. The summed E-state index contributed by atoms with van der Waals surface area (Å²) in [5, 5.41) is 5.57. The Labute approximate surface area is 177 Å². The molecule has 0 unspecified atom stereocenters. The fourth-order valence-electron chi connectivity index (χ4n) is 3.91. The van der Waals surface area contributed by atoms with Crippen molar-refractivity contribution < 1.29 is 0 Å². The van der Waals surface area contributed by atoms with E-state index in [9.17, 15) is 0 Å². The van der Waals surface area contributed by atoms with Crippen molar-refractivity contribution in [1.82, 2.24) is 19.9 Å². The molecule has 1 N–H and O–H groups in total. The number of nitrogens with zero attached hydrogens (tertiary/aromatic N) is 4.